The molecular weight excluding hydrogens is 217 g/mol. The maximum atomic E-state index is 6.18. The summed E-state index contributed by atoms with van der Waals surface area (Å²) in [7, 11) is 1.97. The minimum absolute atomic E-state index is 0.344. The van der Waals surface area contributed by atoms with E-state index in [1.807, 2.05) is 19.2 Å². The fourth-order valence-electron chi connectivity index (χ4n) is 2.31. The van der Waals surface area contributed by atoms with Gasteiger partial charge in [-0.25, -0.2) is 0 Å². The Hall–Kier alpha value is -0.240. The first-order valence-corrected chi connectivity index (χ1v) is 5.54. The van der Waals surface area contributed by atoms with Crippen molar-refractivity contribution in [3.63, 3.8) is 0 Å². The van der Waals surface area contributed by atoms with Crippen LogP contribution in [-0.2, 0) is 6.42 Å². The highest BCUT2D eigenvalue weighted by Gasteiger charge is 2.31. The van der Waals surface area contributed by atoms with E-state index in [1.165, 1.54) is 11.1 Å². The maximum Gasteiger partial charge on any atom is 0.0457 e. The highest BCUT2D eigenvalue weighted by molar-refractivity contribution is 6.34. The van der Waals surface area contributed by atoms with E-state index in [4.69, 9.17) is 23.2 Å². The first-order chi connectivity index (χ1) is 6.65. The zero-order valence-corrected chi connectivity index (χ0v) is 9.78. The lowest BCUT2D eigenvalue weighted by Gasteiger charge is -2.16. The SMILES string of the molecule is CNC1c2c(Cl)ccc(Cl)c2CC1C. The molecule has 14 heavy (non-hydrogen) atoms. The summed E-state index contributed by atoms with van der Waals surface area (Å²) in [5, 5.41) is 4.96. The molecule has 1 aliphatic carbocycles. The van der Waals surface area contributed by atoms with Gasteiger partial charge in [0.15, 0.2) is 0 Å². The fraction of sp³-hybridized carbons (Fsp3) is 0.455. The summed E-state index contributed by atoms with van der Waals surface area (Å²) in [5.74, 6) is 0.562. The van der Waals surface area contributed by atoms with Crippen molar-refractivity contribution >= 4 is 23.2 Å². The van der Waals surface area contributed by atoms with Crippen molar-refractivity contribution in [1.82, 2.24) is 5.32 Å². The molecule has 0 saturated heterocycles. The largest absolute Gasteiger partial charge is 0.313 e. The van der Waals surface area contributed by atoms with Crippen LogP contribution >= 0.6 is 23.2 Å². The van der Waals surface area contributed by atoms with Gasteiger partial charge in [-0.1, -0.05) is 30.1 Å². The summed E-state index contributed by atoms with van der Waals surface area (Å²) < 4.78 is 0. The normalized spacial score (nSPS) is 25.1. The summed E-state index contributed by atoms with van der Waals surface area (Å²) in [6.07, 6.45) is 1.01. The van der Waals surface area contributed by atoms with Gasteiger partial charge in [-0.2, -0.15) is 0 Å². The lowest BCUT2D eigenvalue weighted by Crippen LogP contribution is -2.19. The summed E-state index contributed by atoms with van der Waals surface area (Å²) >= 11 is 12.3. The molecule has 0 aliphatic heterocycles. The molecule has 1 aromatic carbocycles. The molecule has 0 saturated carbocycles. The van der Waals surface area contributed by atoms with Crippen LogP contribution in [0.2, 0.25) is 10.0 Å². The monoisotopic (exact) mass is 229 g/mol. The minimum atomic E-state index is 0.344. The quantitative estimate of drug-likeness (QED) is 0.779. The van der Waals surface area contributed by atoms with E-state index in [-0.39, 0.29) is 0 Å². The smallest absolute Gasteiger partial charge is 0.0457 e. The topological polar surface area (TPSA) is 12.0 Å². The minimum Gasteiger partial charge on any atom is -0.313 e. The van der Waals surface area contributed by atoms with Crippen LogP contribution in [0.5, 0.6) is 0 Å². The highest BCUT2D eigenvalue weighted by atomic mass is 35.5. The van der Waals surface area contributed by atoms with Gasteiger partial charge in [0.2, 0.25) is 0 Å². The Kier molecular flexibility index (Phi) is 2.74. The molecule has 0 spiro atoms. The third-order valence-corrected chi connectivity index (χ3v) is 3.65. The molecule has 1 aromatic rings. The zero-order valence-electron chi connectivity index (χ0n) is 8.27. The molecule has 2 atom stereocenters. The Morgan fingerprint density at radius 3 is 2.57 bits per heavy atom. The number of rotatable bonds is 1. The number of nitrogens with one attached hydrogen (secondary N) is 1. The Balaban J connectivity index is 2.57. The highest BCUT2D eigenvalue weighted by Crippen LogP contribution is 2.42. The van der Waals surface area contributed by atoms with Crippen LogP contribution < -0.4 is 5.32 Å². The van der Waals surface area contributed by atoms with E-state index in [0.29, 0.717) is 12.0 Å². The van der Waals surface area contributed by atoms with Gasteiger partial charge in [-0.05, 0) is 42.6 Å². The lowest BCUT2D eigenvalue weighted by atomic mass is 10.0. The second-order valence-electron chi connectivity index (χ2n) is 3.87. The molecule has 0 fully saturated rings. The molecule has 0 heterocycles. The predicted molar refractivity (Wildman–Crippen MR) is 61.1 cm³/mol. The van der Waals surface area contributed by atoms with Crippen molar-refractivity contribution in [3.8, 4) is 0 Å². The van der Waals surface area contributed by atoms with Crippen molar-refractivity contribution in [2.75, 3.05) is 7.05 Å². The summed E-state index contributed by atoms with van der Waals surface area (Å²) in [6.45, 7) is 2.22. The Morgan fingerprint density at radius 1 is 1.29 bits per heavy atom. The Bertz CT molecular complexity index is 363. The molecule has 1 N–H and O–H groups in total. The second kappa shape index (κ2) is 3.73. The maximum absolute atomic E-state index is 6.18. The molecule has 2 unspecified atom stereocenters. The number of halogens is 2. The third kappa shape index (κ3) is 1.44. The standard InChI is InChI=1S/C11H13Cl2N/c1-6-5-7-8(12)3-4-9(13)10(7)11(6)14-2/h3-4,6,11,14H,5H2,1-2H3. The molecule has 0 aromatic heterocycles. The third-order valence-electron chi connectivity index (χ3n) is 2.96. The zero-order chi connectivity index (χ0) is 10.3. The van der Waals surface area contributed by atoms with Gasteiger partial charge in [0.25, 0.3) is 0 Å². The Labute approximate surface area is 94.4 Å². The van der Waals surface area contributed by atoms with Gasteiger partial charge >= 0.3 is 0 Å². The number of fused-ring (bicyclic) bond motifs is 1. The van der Waals surface area contributed by atoms with E-state index in [0.717, 1.165) is 16.5 Å². The Morgan fingerprint density at radius 2 is 1.93 bits per heavy atom. The molecule has 2 rings (SSSR count). The molecule has 0 amide bonds. The van der Waals surface area contributed by atoms with Gasteiger partial charge in [0, 0.05) is 16.1 Å². The van der Waals surface area contributed by atoms with Gasteiger partial charge in [-0.15, -0.1) is 0 Å². The molecule has 1 aliphatic rings. The summed E-state index contributed by atoms with van der Waals surface area (Å²) in [5.41, 5.74) is 2.40. The average molecular weight is 230 g/mol. The summed E-state index contributed by atoms with van der Waals surface area (Å²) in [6, 6.07) is 4.11. The van der Waals surface area contributed by atoms with Crippen molar-refractivity contribution in [2.24, 2.45) is 5.92 Å². The molecule has 1 nitrogen and oxygen atoms in total. The van der Waals surface area contributed by atoms with Crippen LogP contribution in [0.3, 0.4) is 0 Å². The van der Waals surface area contributed by atoms with Gasteiger partial charge < -0.3 is 5.32 Å². The fourth-order valence-corrected chi connectivity index (χ4v) is 2.84. The second-order valence-corrected chi connectivity index (χ2v) is 4.68. The van der Waals surface area contributed by atoms with Crippen molar-refractivity contribution in [1.29, 1.82) is 0 Å². The van der Waals surface area contributed by atoms with Crippen LogP contribution in [0.15, 0.2) is 12.1 Å². The van der Waals surface area contributed by atoms with Crippen molar-refractivity contribution in [3.05, 3.63) is 33.3 Å². The number of hydrogen-bond donors (Lipinski definition) is 1. The number of hydrogen-bond acceptors (Lipinski definition) is 1. The van der Waals surface area contributed by atoms with E-state index >= 15 is 0 Å². The first-order valence-electron chi connectivity index (χ1n) is 4.79. The van der Waals surface area contributed by atoms with E-state index < -0.39 is 0 Å². The van der Waals surface area contributed by atoms with E-state index in [1.54, 1.807) is 0 Å². The predicted octanol–water partition coefficient (Wildman–Crippen LogP) is 3.45. The average Bonchev–Trinajstić information content (AvgIpc) is 2.50. The number of benzene rings is 1. The van der Waals surface area contributed by atoms with E-state index in [9.17, 15) is 0 Å². The van der Waals surface area contributed by atoms with Gasteiger partial charge in [-0.3, -0.25) is 0 Å². The lowest BCUT2D eigenvalue weighted by molar-refractivity contribution is 0.447. The van der Waals surface area contributed by atoms with Crippen molar-refractivity contribution < 1.29 is 0 Å². The van der Waals surface area contributed by atoms with Gasteiger partial charge in [0.1, 0.15) is 0 Å². The van der Waals surface area contributed by atoms with Crippen LogP contribution in [0.25, 0.3) is 0 Å². The van der Waals surface area contributed by atoms with Crippen molar-refractivity contribution in [2.45, 2.75) is 19.4 Å². The molecule has 0 bridgehead atoms. The van der Waals surface area contributed by atoms with Crippen LogP contribution in [0, 0.1) is 5.92 Å². The molecular formula is C11H13Cl2N. The van der Waals surface area contributed by atoms with Crippen LogP contribution in [0.4, 0.5) is 0 Å². The first kappa shape index (κ1) is 10.3. The van der Waals surface area contributed by atoms with Gasteiger partial charge in [0.05, 0.1) is 0 Å². The molecule has 76 valence electrons. The molecule has 0 radical (unpaired) electrons. The van der Waals surface area contributed by atoms with Crippen LogP contribution in [-0.4, -0.2) is 7.05 Å². The van der Waals surface area contributed by atoms with Crippen LogP contribution in [0.1, 0.15) is 24.1 Å². The molecule has 3 heteroatoms. The van der Waals surface area contributed by atoms with E-state index in [2.05, 4.69) is 12.2 Å². The summed E-state index contributed by atoms with van der Waals surface area (Å²) in [4.78, 5) is 0.